The molecule has 3 rings (SSSR count). The monoisotopic (exact) mass is 335 g/mol. The van der Waals surface area contributed by atoms with E-state index in [4.69, 9.17) is 4.98 Å². The van der Waals surface area contributed by atoms with Gasteiger partial charge in [-0.05, 0) is 82.0 Å². The Balaban J connectivity index is 2.22. The third kappa shape index (κ3) is 3.28. The summed E-state index contributed by atoms with van der Waals surface area (Å²) in [6.45, 7) is 13.1. The molecule has 132 valence electrons. The first-order valence-corrected chi connectivity index (χ1v) is 9.25. The third-order valence-electron chi connectivity index (χ3n) is 5.11. The maximum atomic E-state index is 5.03. The Hall–Kier alpha value is -2.29. The average molecular weight is 335 g/mol. The van der Waals surface area contributed by atoms with Crippen LogP contribution >= 0.6 is 0 Å². The van der Waals surface area contributed by atoms with Crippen LogP contribution in [-0.4, -0.2) is 14.1 Å². The summed E-state index contributed by atoms with van der Waals surface area (Å²) in [4.78, 5) is 5.03. The topological polar surface area (TPSA) is 22.8 Å². The van der Waals surface area contributed by atoms with Crippen LogP contribution in [0.2, 0.25) is 0 Å². The van der Waals surface area contributed by atoms with E-state index in [1.807, 2.05) is 0 Å². The summed E-state index contributed by atoms with van der Waals surface area (Å²) < 4.78 is 4.50. The summed E-state index contributed by atoms with van der Waals surface area (Å²) in [6, 6.07) is 13.2. The number of nitrogens with zero attached hydrogens (tertiary/aromatic N) is 3. The van der Waals surface area contributed by atoms with Gasteiger partial charge < -0.3 is 9.13 Å². The van der Waals surface area contributed by atoms with E-state index in [0.717, 1.165) is 11.6 Å². The van der Waals surface area contributed by atoms with Crippen LogP contribution in [0.3, 0.4) is 0 Å². The van der Waals surface area contributed by atoms with Gasteiger partial charge in [-0.3, -0.25) is 0 Å². The molecule has 0 saturated heterocycles. The van der Waals surface area contributed by atoms with E-state index < -0.39 is 0 Å². The second kappa shape index (κ2) is 6.91. The van der Waals surface area contributed by atoms with Crippen LogP contribution in [0.25, 0.3) is 11.6 Å². The maximum absolute atomic E-state index is 5.03. The fourth-order valence-corrected chi connectivity index (χ4v) is 3.69. The molecule has 1 atom stereocenters. The first-order chi connectivity index (χ1) is 11.9. The highest BCUT2D eigenvalue weighted by Crippen LogP contribution is 2.27. The SMILES string of the molecule is CCCC(C)c1cc(-n2c(C)ccc2C)nc(-n2c(C)ccc2C)c1. The Kier molecular flexibility index (Phi) is 4.85. The number of aromatic nitrogens is 3. The van der Waals surface area contributed by atoms with E-state index >= 15 is 0 Å². The third-order valence-corrected chi connectivity index (χ3v) is 5.11. The van der Waals surface area contributed by atoms with Gasteiger partial charge in [-0.1, -0.05) is 20.3 Å². The molecule has 0 spiro atoms. The summed E-state index contributed by atoms with van der Waals surface area (Å²) >= 11 is 0. The zero-order valence-corrected chi connectivity index (χ0v) is 16.3. The van der Waals surface area contributed by atoms with Crippen molar-refractivity contribution in [1.29, 1.82) is 0 Å². The lowest BCUT2D eigenvalue weighted by atomic mass is 9.97. The van der Waals surface area contributed by atoms with Crippen molar-refractivity contribution in [1.82, 2.24) is 14.1 Å². The van der Waals surface area contributed by atoms with Gasteiger partial charge in [-0.25, -0.2) is 4.98 Å². The molecule has 3 nitrogen and oxygen atoms in total. The van der Waals surface area contributed by atoms with Crippen LogP contribution in [-0.2, 0) is 0 Å². The zero-order chi connectivity index (χ0) is 18.1. The molecule has 0 aliphatic carbocycles. The van der Waals surface area contributed by atoms with Crippen molar-refractivity contribution in [3.63, 3.8) is 0 Å². The Morgan fingerprint density at radius 2 is 1.20 bits per heavy atom. The molecule has 1 unspecified atom stereocenters. The molecule has 0 radical (unpaired) electrons. The largest absolute Gasteiger partial charge is 0.303 e. The van der Waals surface area contributed by atoms with Gasteiger partial charge in [0.05, 0.1) is 0 Å². The molecule has 0 N–H and O–H groups in total. The fraction of sp³-hybridized carbons (Fsp3) is 0.409. The van der Waals surface area contributed by atoms with Crippen LogP contribution in [0.5, 0.6) is 0 Å². The summed E-state index contributed by atoms with van der Waals surface area (Å²) in [5.41, 5.74) is 6.24. The summed E-state index contributed by atoms with van der Waals surface area (Å²) in [6.07, 6.45) is 2.38. The molecule has 0 fully saturated rings. The highest BCUT2D eigenvalue weighted by molar-refractivity contribution is 5.43. The van der Waals surface area contributed by atoms with Crippen molar-refractivity contribution in [2.45, 2.75) is 60.3 Å². The van der Waals surface area contributed by atoms with Gasteiger partial charge in [0.2, 0.25) is 0 Å². The summed E-state index contributed by atoms with van der Waals surface area (Å²) in [5.74, 6) is 2.56. The molecule has 0 amide bonds. The van der Waals surface area contributed by atoms with Gasteiger partial charge in [0.25, 0.3) is 0 Å². The fourth-order valence-electron chi connectivity index (χ4n) is 3.69. The molecule has 0 saturated carbocycles. The van der Waals surface area contributed by atoms with Crippen LogP contribution in [0, 0.1) is 27.7 Å². The average Bonchev–Trinajstić information content (AvgIpc) is 3.09. The number of aryl methyl sites for hydroxylation is 4. The number of rotatable bonds is 5. The first-order valence-electron chi connectivity index (χ1n) is 9.25. The van der Waals surface area contributed by atoms with Crippen molar-refractivity contribution in [2.75, 3.05) is 0 Å². The van der Waals surface area contributed by atoms with E-state index in [9.17, 15) is 0 Å². The zero-order valence-electron chi connectivity index (χ0n) is 16.3. The van der Waals surface area contributed by atoms with Gasteiger partial charge in [0.15, 0.2) is 0 Å². The minimum atomic E-state index is 0.526. The first kappa shape index (κ1) is 17.5. The summed E-state index contributed by atoms with van der Waals surface area (Å²) in [7, 11) is 0. The number of pyridine rings is 1. The molecule has 0 bridgehead atoms. The Labute approximate surface area is 151 Å². The van der Waals surface area contributed by atoms with Crippen LogP contribution in [0.1, 0.15) is 60.9 Å². The van der Waals surface area contributed by atoms with Gasteiger partial charge in [0.1, 0.15) is 11.6 Å². The second-order valence-corrected chi connectivity index (χ2v) is 7.21. The standard InChI is InChI=1S/C22H29N3/c1-7-8-15(2)20-13-21(24-16(3)9-10-17(24)4)23-22(14-20)25-18(5)11-12-19(25)6/h9-15H,7-8H2,1-6H3. The molecular formula is C22H29N3. The van der Waals surface area contributed by atoms with Crippen molar-refractivity contribution >= 4 is 0 Å². The van der Waals surface area contributed by atoms with Gasteiger partial charge >= 0.3 is 0 Å². The molecule has 3 heterocycles. The number of hydrogen-bond donors (Lipinski definition) is 0. The van der Waals surface area contributed by atoms with Crippen molar-refractivity contribution in [3.8, 4) is 11.6 Å². The van der Waals surface area contributed by atoms with E-state index in [1.54, 1.807) is 0 Å². The Bertz CT molecular complexity index is 779. The van der Waals surface area contributed by atoms with E-state index in [-0.39, 0.29) is 0 Å². The highest BCUT2D eigenvalue weighted by Gasteiger charge is 2.15. The predicted molar refractivity (Wildman–Crippen MR) is 105 cm³/mol. The normalized spacial score (nSPS) is 12.6. The molecular weight excluding hydrogens is 306 g/mol. The van der Waals surface area contributed by atoms with Crippen LogP contribution < -0.4 is 0 Å². The quantitative estimate of drug-likeness (QED) is 0.578. The highest BCUT2D eigenvalue weighted by atomic mass is 15.1. The summed E-state index contributed by atoms with van der Waals surface area (Å²) in [5, 5.41) is 0. The van der Waals surface area contributed by atoms with Crippen LogP contribution in [0.15, 0.2) is 36.4 Å². The van der Waals surface area contributed by atoms with Gasteiger partial charge in [-0.2, -0.15) is 0 Å². The Morgan fingerprint density at radius 3 is 1.56 bits per heavy atom. The minimum absolute atomic E-state index is 0.526. The molecule has 3 heteroatoms. The Morgan fingerprint density at radius 1 is 0.800 bits per heavy atom. The second-order valence-electron chi connectivity index (χ2n) is 7.21. The minimum Gasteiger partial charge on any atom is -0.303 e. The van der Waals surface area contributed by atoms with Crippen LogP contribution in [0.4, 0.5) is 0 Å². The lowest BCUT2D eigenvalue weighted by Crippen LogP contribution is -2.09. The maximum Gasteiger partial charge on any atom is 0.139 e. The number of hydrogen-bond acceptors (Lipinski definition) is 1. The van der Waals surface area contributed by atoms with Gasteiger partial charge in [-0.15, -0.1) is 0 Å². The molecule has 25 heavy (non-hydrogen) atoms. The molecule has 3 aromatic heterocycles. The van der Waals surface area contributed by atoms with E-state index in [1.165, 1.54) is 41.2 Å². The molecule has 3 aromatic rings. The molecule has 0 aliphatic rings. The smallest absolute Gasteiger partial charge is 0.139 e. The van der Waals surface area contributed by atoms with E-state index in [2.05, 4.69) is 87.1 Å². The molecule has 0 aromatic carbocycles. The van der Waals surface area contributed by atoms with Gasteiger partial charge in [0, 0.05) is 22.8 Å². The van der Waals surface area contributed by atoms with Crippen molar-refractivity contribution in [2.24, 2.45) is 0 Å². The lowest BCUT2D eigenvalue weighted by molar-refractivity contribution is 0.661. The van der Waals surface area contributed by atoms with Crippen molar-refractivity contribution in [3.05, 3.63) is 64.7 Å². The van der Waals surface area contributed by atoms with E-state index in [0.29, 0.717) is 5.92 Å². The lowest BCUT2D eigenvalue weighted by Gasteiger charge is -2.18. The van der Waals surface area contributed by atoms with Crippen molar-refractivity contribution < 1.29 is 0 Å². The molecule has 0 aliphatic heterocycles. The predicted octanol–water partition coefficient (Wildman–Crippen LogP) is 5.80.